The maximum atomic E-state index is 12.2. The molecule has 19 heavy (non-hydrogen) atoms. The van der Waals surface area contributed by atoms with Crippen molar-refractivity contribution in [2.75, 3.05) is 20.2 Å². The molecule has 0 aromatic heterocycles. The number of likely N-dealkylation sites (tertiary alicyclic amines) is 1. The molecule has 0 atom stereocenters. The zero-order valence-corrected chi connectivity index (χ0v) is 11.3. The Balaban J connectivity index is 1.60. The molecule has 1 saturated heterocycles. The monoisotopic (exact) mass is 260 g/mol. The summed E-state index contributed by atoms with van der Waals surface area (Å²) >= 11 is 0. The summed E-state index contributed by atoms with van der Waals surface area (Å²) in [6.07, 6.45) is 2.85. The van der Waals surface area contributed by atoms with E-state index in [9.17, 15) is 4.79 Å². The number of amides is 1. The van der Waals surface area contributed by atoms with E-state index in [-0.39, 0.29) is 11.4 Å². The van der Waals surface area contributed by atoms with E-state index < -0.39 is 0 Å². The third-order valence-corrected chi connectivity index (χ3v) is 4.25. The van der Waals surface area contributed by atoms with Crippen LogP contribution in [0.2, 0.25) is 0 Å². The van der Waals surface area contributed by atoms with E-state index >= 15 is 0 Å². The Labute approximate surface area is 113 Å². The first-order chi connectivity index (χ1) is 9.12. The zero-order chi connectivity index (χ0) is 13.5. The molecule has 1 aromatic carbocycles. The molecule has 2 N–H and O–H groups in total. The van der Waals surface area contributed by atoms with E-state index in [4.69, 9.17) is 10.5 Å². The van der Waals surface area contributed by atoms with Crippen molar-refractivity contribution < 1.29 is 9.53 Å². The molecular formula is C15H20N2O2. The molecule has 1 aliphatic heterocycles. The van der Waals surface area contributed by atoms with Gasteiger partial charge < -0.3 is 15.4 Å². The minimum absolute atomic E-state index is 0.101. The fraction of sp³-hybridized carbons (Fsp3) is 0.533. The van der Waals surface area contributed by atoms with E-state index in [1.165, 1.54) is 12.8 Å². The predicted octanol–water partition coefficient (Wildman–Crippen LogP) is 1.19. The van der Waals surface area contributed by atoms with Crippen LogP contribution in [0.15, 0.2) is 24.3 Å². The minimum Gasteiger partial charge on any atom is -0.496 e. The SMILES string of the molecule is COc1ccccc1CC(=O)N1CC(N)(C2CC2)C1. The summed E-state index contributed by atoms with van der Waals surface area (Å²) in [5.74, 6) is 1.56. The Kier molecular flexibility index (Phi) is 2.97. The van der Waals surface area contributed by atoms with E-state index in [0.29, 0.717) is 25.4 Å². The fourth-order valence-corrected chi connectivity index (χ4v) is 2.88. The fourth-order valence-electron chi connectivity index (χ4n) is 2.88. The molecule has 102 valence electrons. The minimum atomic E-state index is -0.101. The third kappa shape index (κ3) is 2.32. The first-order valence-electron chi connectivity index (χ1n) is 6.81. The van der Waals surface area contributed by atoms with Crippen molar-refractivity contribution in [3.63, 3.8) is 0 Å². The van der Waals surface area contributed by atoms with Gasteiger partial charge in [0.1, 0.15) is 5.75 Å². The second-order valence-electron chi connectivity index (χ2n) is 5.75. The van der Waals surface area contributed by atoms with Gasteiger partial charge in [0, 0.05) is 18.7 Å². The van der Waals surface area contributed by atoms with Crippen molar-refractivity contribution in [1.82, 2.24) is 4.90 Å². The number of para-hydroxylation sites is 1. The summed E-state index contributed by atoms with van der Waals surface area (Å²) in [6.45, 7) is 1.43. The van der Waals surface area contributed by atoms with Gasteiger partial charge in [-0.3, -0.25) is 4.79 Å². The molecule has 2 aliphatic rings. The van der Waals surface area contributed by atoms with Crippen LogP contribution < -0.4 is 10.5 Å². The lowest BCUT2D eigenvalue weighted by Gasteiger charge is -2.48. The highest BCUT2D eigenvalue weighted by molar-refractivity contribution is 5.80. The Morgan fingerprint density at radius 1 is 1.42 bits per heavy atom. The Bertz CT molecular complexity index is 491. The molecule has 3 rings (SSSR count). The van der Waals surface area contributed by atoms with Crippen molar-refractivity contribution in [1.29, 1.82) is 0 Å². The van der Waals surface area contributed by atoms with E-state index in [1.54, 1.807) is 7.11 Å². The number of carbonyl (C=O) groups excluding carboxylic acids is 1. The van der Waals surface area contributed by atoms with Gasteiger partial charge in [0.2, 0.25) is 5.91 Å². The van der Waals surface area contributed by atoms with E-state index in [2.05, 4.69) is 0 Å². The molecule has 4 nitrogen and oxygen atoms in total. The van der Waals surface area contributed by atoms with Crippen molar-refractivity contribution in [3.8, 4) is 5.75 Å². The zero-order valence-electron chi connectivity index (χ0n) is 11.3. The number of hydrogen-bond donors (Lipinski definition) is 1. The van der Waals surface area contributed by atoms with Crippen LogP contribution in [-0.2, 0) is 11.2 Å². The molecule has 2 fully saturated rings. The largest absolute Gasteiger partial charge is 0.496 e. The topological polar surface area (TPSA) is 55.6 Å². The summed E-state index contributed by atoms with van der Waals surface area (Å²) in [7, 11) is 1.63. The lowest BCUT2D eigenvalue weighted by atomic mass is 9.85. The summed E-state index contributed by atoms with van der Waals surface area (Å²) in [5, 5.41) is 0. The van der Waals surface area contributed by atoms with Gasteiger partial charge in [-0.05, 0) is 24.8 Å². The second kappa shape index (κ2) is 4.53. The van der Waals surface area contributed by atoms with Crippen LogP contribution in [-0.4, -0.2) is 36.5 Å². The van der Waals surface area contributed by atoms with Crippen LogP contribution in [0.4, 0.5) is 0 Å². The maximum absolute atomic E-state index is 12.2. The molecule has 0 unspecified atom stereocenters. The number of hydrogen-bond acceptors (Lipinski definition) is 3. The van der Waals surface area contributed by atoms with Gasteiger partial charge in [-0.2, -0.15) is 0 Å². The lowest BCUT2D eigenvalue weighted by Crippen LogP contribution is -2.70. The van der Waals surface area contributed by atoms with Gasteiger partial charge >= 0.3 is 0 Å². The van der Waals surface area contributed by atoms with Gasteiger partial charge in [0.25, 0.3) is 0 Å². The number of carbonyl (C=O) groups is 1. The van der Waals surface area contributed by atoms with Crippen LogP contribution in [0.5, 0.6) is 5.75 Å². The van der Waals surface area contributed by atoms with E-state index in [0.717, 1.165) is 11.3 Å². The summed E-state index contributed by atoms with van der Waals surface area (Å²) in [4.78, 5) is 14.1. The van der Waals surface area contributed by atoms with Gasteiger partial charge in [-0.1, -0.05) is 18.2 Å². The third-order valence-electron chi connectivity index (χ3n) is 4.25. The van der Waals surface area contributed by atoms with E-state index in [1.807, 2.05) is 29.2 Å². The molecule has 0 radical (unpaired) electrons. The number of benzene rings is 1. The first kappa shape index (κ1) is 12.5. The summed E-state index contributed by atoms with van der Waals surface area (Å²) in [5.41, 5.74) is 7.11. The molecule has 0 spiro atoms. The number of ether oxygens (including phenoxy) is 1. The summed E-state index contributed by atoms with van der Waals surface area (Å²) < 4.78 is 5.27. The average Bonchev–Trinajstić information content (AvgIpc) is 3.20. The summed E-state index contributed by atoms with van der Waals surface area (Å²) in [6, 6.07) is 7.66. The van der Waals surface area contributed by atoms with Gasteiger partial charge in [-0.15, -0.1) is 0 Å². The highest BCUT2D eigenvalue weighted by Gasteiger charge is 2.51. The maximum Gasteiger partial charge on any atom is 0.227 e. The standard InChI is InChI=1S/C15H20N2O2/c1-19-13-5-3-2-4-11(13)8-14(18)17-9-15(16,10-17)12-6-7-12/h2-5,12H,6-10,16H2,1H3. The smallest absolute Gasteiger partial charge is 0.227 e. The number of nitrogens with zero attached hydrogens (tertiary/aromatic N) is 1. The number of methoxy groups -OCH3 is 1. The molecule has 4 heteroatoms. The molecule has 1 amide bonds. The Morgan fingerprint density at radius 2 is 2.11 bits per heavy atom. The number of nitrogens with two attached hydrogens (primary N) is 1. The highest BCUT2D eigenvalue weighted by atomic mass is 16.5. The molecule has 1 aliphatic carbocycles. The predicted molar refractivity (Wildman–Crippen MR) is 72.9 cm³/mol. The lowest BCUT2D eigenvalue weighted by molar-refractivity contribution is -0.138. The average molecular weight is 260 g/mol. The van der Waals surface area contributed by atoms with Crippen LogP contribution in [0.1, 0.15) is 18.4 Å². The van der Waals surface area contributed by atoms with Crippen LogP contribution in [0, 0.1) is 5.92 Å². The second-order valence-corrected chi connectivity index (χ2v) is 5.75. The van der Waals surface area contributed by atoms with Crippen molar-refractivity contribution in [2.45, 2.75) is 24.8 Å². The van der Waals surface area contributed by atoms with Crippen LogP contribution >= 0.6 is 0 Å². The molecule has 0 bridgehead atoms. The Morgan fingerprint density at radius 3 is 2.74 bits per heavy atom. The molecule has 1 aromatic rings. The van der Waals surface area contributed by atoms with Gasteiger partial charge in [0.05, 0.1) is 19.1 Å². The molecule has 1 saturated carbocycles. The van der Waals surface area contributed by atoms with Gasteiger partial charge in [-0.25, -0.2) is 0 Å². The van der Waals surface area contributed by atoms with Crippen LogP contribution in [0.3, 0.4) is 0 Å². The van der Waals surface area contributed by atoms with Crippen molar-refractivity contribution in [2.24, 2.45) is 11.7 Å². The number of rotatable bonds is 4. The van der Waals surface area contributed by atoms with Crippen molar-refractivity contribution in [3.05, 3.63) is 29.8 Å². The van der Waals surface area contributed by atoms with Crippen molar-refractivity contribution >= 4 is 5.91 Å². The first-order valence-corrected chi connectivity index (χ1v) is 6.81. The normalized spacial score (nSPS) is 20.8. The van der Waals surface area contributed by atoms with Gasteiger partial charge in [0.15, 0.2) is 0 Å². The quantitative estimate of drug-likeness (QED) is 0.884. The van der Waals surface area contributed by atoms with Crippen LogP contribution in [0.25, 0.3) is 0 Å². The highest BCUT2D eigenvalue weighted by Crippen LogP contribution is 2.43. The Hall–Kier alpha value is -1.55. The molecule has 1 heterocycles. The molecular weight excluding hydrogens is 240 g/mol.